The Morgan fingerprint density at radius 1 is 0.397 bits per heavy atom. The van der Waals surface area contributed by atoms with Gasteiger partial charge in [-0.1, -0.05) is 163 Å². The van der Waals surface area contributed by atoms with Crippen molar-refractivity contribution in [2.75, 3.05) is 4.90 Å². The minimum atomic E-state index is -0.526. The number of nitrogens with zero attached hydrogens (tertiary/aromatic N) is 2. The maximum atomic E-state index is 6.60. The average molecular weight is 821 g/mol. The van der Waals surface area contributed by atoms with Crippen molar-refractivity contribution in [1.29, 1.82) is 0 Å². The zero-order valence-corrected chi connectivity index (χ0v) is 34.8. The van der Waals surface area contributed by atoms with Crippen LogP contribution in [0, 0.1) is 0 Å². The molecule has 12 aromatic rings. The molecule has 1 aliphatic heterocycles. The number of fused-ring (bicyclic) bond motifs is 14. The second kappa shape index (κ2) is 13.1. The standard InChI is InChI=1S/C59H36N2OS/c1-2-16-37(17-3-1)60-49-26-10-5-19-40(49)41-33-32-38(36-52(41)60)61(51-27-15-29-54-58(51)44-20-6-11-28-53(44)62-54)50-35-34-42-39-18-4-7-22-45(39)59(48-25-14-21-43(50)57(42)48)46-23-8-12-30-55(46)63-56-31-13-9-24-47(56)59/h1-36H. The molecule has 0 fully saturated rings. The Hall–Kier alpha value is -7.79. The summed E-state index contributed by atoms with van der Waals surface area (Å²) in [7, 11) is 0. The van der Waals surface area contributed by atoms with E-state index in [1.54, 1.807) is 0 Å². The highest BCUT2D eigenvalue weighted by Gasteiger charge is 2.48. The van der Waals surface area contributed by atoms with Gasteiger partial charge in [-0.2, -0.15) is 0 Å². The lowest BCUT2D eigenvalue weighted by molar-refractivity contribution is 0.669. The Labute approximate surface area is 368 Å². The molecule has 14 rings (SSSR count). The monoisotopic (exact) mass is 820 g/mol. The number of aromatic nitrogens is 1. The van der Waals surface area contributed by atoms with Crippen LogP contribution in [0.5, 0.6) is 0 Å². The third-order valence-corrected chi connectivity index (χ3v) is 14.8. The number of hydrogen-bond donors (Lipinski definition) is 0. The van der Waals surface area contributed by atoms with E-state index in [0.29, 0.717) is 0 Å². The minimum Gasteiger partial charge on any atom is -0.456 e. The molecule has 3 nitrogen and oxygen atoms in total. The Morgan fingerprint density at radius 3 is 1.87 bits per heavy atom. The number of hydrogen-bond acceptors (Lipinski definition) is 3. The van der Waals surface area contributed by atoms with E-state index in [-0.39, 0.29) is 0 Å². The largest absolute Gasteiger partial charge is 0.456 e. The summed E-state index contributed by atoms with van der Waals surface area (Å²) in [6, 6.07) is 80.4. The predicted octanol–water partition coefficient (Wildman–Crippen LogP) is 16.1. The van der Waals surface area contributed by atoms with Crippen LogP contribution in [0.25, 0.3) is 71.3 Å². The highest BCUT2D eigenvalue weighted by atomic mass is 32.2. The van der Waals surface area contributed by atoms with Gasteiger partial charge >= 0.3 is 0 Å². The number of anilines is 3. The van der Waals surface area contributed by atoms with Crippen molar-refractivity contribution < 1.29 is 4.42 Å². The molecule has 0 saturated heterocycles. The van der Waals surface area contributed by atoms with Crippen molar-refractivity contribution in [2.45, 2.75) is 15.2 Å². The highest BCUT2D eigenvalue weighted by Crippen LogP contribution is 2.62. The third kappa shape index (κ3) is 4.71. The molecule has 2 aliphatic rings. The molecule has 0 N–H and O–H groups in total. The van der Waals surface area contributed by atoms with Gasteiger partial charge in [-0.05, 0) is 105 Å². The Morgan fingerprint density at radius 2 is 1.03 bits per heavy atom. The first-order chi connectivity index (χ1) is 31.3. The van der Waals surface area contributed by atoms with Gasteiger partial charge in [-0.15, -0.1) is 0 Å². The van der Waals surface area contributed by atoms with Crippen LogP contribution in [0.4, 0.5) is 17.1 Å². The van der Waals surface area contributed by atoms with E-state index >= 15 is 0 Å². The van der Waals surface area contributed by atoms with Crippen molar-refractivity contribution in [1.82, 2.24) is 4.57 Å². The fourth-order valence-electron chi connectivity index (χ4n) is 11.2. The molecule has 0 radical (unpaired) electrons. The van der Waals surface area contributed by atoms with Crippen LogP contribution in [0.15, 0.2) is 233 Å². The summed E-state index contributed by atoms with van der Waals surface area (Å²) in [5.41, 5.74) is 15.7. The number of furan rings is 1. The Bertz CT molecular complexity index is 3810. The van der Waals surface area contributed by atoms with Gasteiger partial charge in [-0.3, -0.25) is 0 Å². The van der Waals surface area contributed by atoms with E-state index in [4.69, 9.17) is 4.42 Å². The van der Waals surface area contributed by atoms with Crippen LogP contribution in [-0.2, 0) is 5.41 Å². The average Bonchev–Trinajstić information content (AvgIpc) is 3.89. The van der Waals surface area contributed by atoms with Crippen LogP contribution in [0.1, 0.15) is 22.3 Å². The second-order valence-electron chi connectivity index (χ2n) is 16.7. The maximum absolute atomic E-state index is 6.60. The molecule has 0 saturated carbocycles. The molecule has 0 amide bonds. The Balaban J connectivity index is 1.12. The molecule has 10 aromatic carbocycles. The van der Waals surface area contributed by atoms with Crippen LogP contribution < -0.4 is 4.90 Å². The van der Waals surface area contributed by atoms with Gasteiger partial charge in [0.2, 0.25) is 0 Å². The molecule has 4 heteroatoms. The third-order valence-electron chi connectivity index (χ3n) is 13.6. The van der Waals surface area contributed by atoms with Gasteiger partial charge in [0.05, 0.1) is 33.2 Å². The second-order valence-corrected chi connectivity index (χ2v) is 17.8. The van der Waals surface area contributed by atoms with Crippen molar-refractivity contribution in [3.8, 4) is 16.8 Å². The SMILES string of the molecule is c1ccc(-n2c3ccccc3c3ccc(N(c4ccc5c6c(cccc46)C4(c6ccccc6Sc6ccccc64)c4ccccc4-5)c4cccc5oc6ccccc6c45)cc32)cc1. The van der Waals surface area contributed by atoms with Crippen molar-refractivity contribution in [2.24, 2.45) is 0 Å². The van der Waals surface area contributed by atoms with E-state index in [1.807, 2.05) is 11.8 Å². The molecule has 294 valence electrons. The van der Waals surface area contributed by atoms with Crippen molar-refractivity contribution in [3.05, 3.63) is 241 Å². The quantitative estimate of drug-likeness (QED) is 0.176. The van der Waals surface area contributed by atoms with Gasteiger partial charge in [0, 0.05) is 42.7 Å². The molecule has 1 aliphatic carbocycles. The lowest BCUT2D eigenvalue weighted by Gasteiger charge is -2.46. The fourth-order valence-corrected chi connectivity index (χ4v) is 12.4. The predicted molar refractivity (Wildman–Crippen MR) is 262 cm³/mol. The molecule has 2 aromatic heterocycles. The smallest absolute Gasteiger partial charge is 0.137 e. The summed E-state index contributed by atoms with van der Waals surface area (Å²) in [6.45, 7) is 0. The van der Waals surface area contributed by atoms with E-state index < -0.39 is 5.41 Å². The van der Waals surface area contributed by atoms with Crippen molar-refractivity contribution in [3.63, 3.8) is 0 Å². The van der Waals surface area contributed by atoms with E-state index in [9.17, 15) is 0 Å². The molecular formula is C59H36N2OS. The summed E-state index contributed by atoms with van der Waals surface area (Å²) in [6.07, 6.45) is 0. The van der Waals surface area contributed by atoms with E-state index in [1.165, 1.54) is 70.2 Å². The van der Waals surface area contributed by atoms with Gasteiger partial charge in [0.25, 0.3) is 0 Å². The van der Waals surface area contributed by atoms with Crippen LogP contribution in [0.3, 0.4) is 0 Å². The molecule has 63 heavy (non-hydrogen) atoms. The summed E-state index contributed by atoms with van der Waals surface area (Å²) in [5, 5.41) is 7.10. The molecule has 0 bridgehead atoms. The lowest BCUT2D eigenvalue weighted by Crippen LogP contribution is -2.36. The molecular weight excluding hydrogens is 785 g/mol. The zero-order chi connectivity index (χ0) is 41.2. The highest BCUT2D eigenvalue weighted by molar-refractivity contribution is 7.99. The van der Waals surface area contributed by atoms with Gasteiger partial charge in [0.1, 0.15) is 11.2 Å². The van der Waals surface area contributed by atoms with E-state index in [2.05, 4.69) is 228 Å². The van der Waals surface area contributed by atoms with Gasteiger partial charge < -0.3 is 13.9 Å². The number of benzene rings is 10. The normalized spacial score (nSPS) is 13.5. The van der Waals surface area contributed by atoms with Crippen LogP contribution in [-0.4, -0.2) is 4.57 Å². The summed E-state index contributed by atoms with van der Waals surface area (Å²) < 4.78 is 9.01. The van der Waals surface area contributed by atoms with Crippen molar-refractivity contribution >= 4 is 83.3 Å². The summed E-state index contributed by atoms with van der Waals surface area (Å²) in [5.74, 6) is 0. The Kier molecular flexibility index (Phi) is 7.26. The van der Waals surface area contributed by atoms with Crippen LogP contribution >= 0.6 is 11.8 Å². The topological polar surface area (TPSA) is 21.3 Å². The first-order valence-electron chi connectivity index (χ1n) is 21.6. The molecule has 1 spiro atoms. The molecule has 3 heterocycles. The molecule has 0 unspecified atom stereocenters. The van der Waals surface area contributed by atoms with Crippen LogP contribution in [0.2, 0.25) is 0 Å². The fraction of sp³-hybridized carbons (Fsp3) is 0.0169. The molecule has 0 atom stereocenters. The first kappa shape index (κ1) is 34.9. The lowest BCUT2D eigenvalue weighted by atomic mass is 9.59. The minimum absolute atomic E-state index is 0.526. The maximum Gasteiger partial charge on any atom is 0.137 e. The van der Waals surface area contributed by atoms with Gasteiger partial charge in [-0.25, -0.2) is 0 Å². The zero-order valence-electron chi connectivity index (χ0n) is 34.0. The summed E-state index contributed by atoms with van der Waals surface area (Å²) >= 11 is 1.88. The van der Waals surface area contributed by atoms with E-state index in [0.717, 1.165) is 50.2 Å². The number of para-hydroxylation sites is 3. The summed E-state index contributed by atoms with van der Waals surface area (Å²) in [4.78, 5) is 5.08. The first-order valence-corrected chi connectivity index (χ1v) is 22.4. The van der Waals surface area contributed by atoms with Gasteiger partial charge in [0.15, 0.2) is 0 Å². The number of rotatable bonds is 4.